The Bertz CT molecular complexity index is 394. The van der Waals surface area contributed by atoms with Gasteiger partial charge >= 0.3 is 0 Å². The number of benzene rings is 1. The van der Waals surface area contributed by atoms with Gasteiger partial charge in [-0.3, -0.25) is 0 Å². The van der Waals surface area contributed by atoms with Crippen molar-refractivity contribution in [2.24, 2.45) is 11.1 Å². The van der Waals surface area contributed by atoms with Gasteiger partial charge in [-0.15, -0.1) is 0 Å². The van der Waals surface area contributed by atoms with Crippen LogP contribution in [0.1, 0.15) is 42.1 Å². The smallest absolute Gasteiger partial charge is 0.0384 e. The summed E-state index contributed by atoms with van der Waals surface area (Å²) in [6.45, 7) is 11.6. The van der Waals surface area contributed by atoms with Crippen molar-refractivity contribution in [3.63, 3.8) is 0 Å². The Labute approximate surface area is 106 Å². The van der Waals surface area contributed by atoms with Crippen molar-refractivity contribution in [2.45, 2.75) is 40.7 Å². The van der Waals surface area contributed by atoms with Gasteiger partial charge in [-0.1, -0.05) is 26.0 Å². The number of nitrogens with one attached hydrogen (secondary N) is 1. The summed E-state index contributed by atoms with van der Waals surface area (Å²) in [5.74, 6) is 0. The lowest BCUT2D eigenvalue weighted by atomic mass is 9.78. The molecule has 0 aliphatic heterocycles. The summed E-state index contributed by atoms with van der Waals surface area (Å²) in [6, 6.07) is 4.86. The predicted octanol–water partition coefficient (Wildman–Crippen LogP) is 2.86. The Morgan fingerprint density at radius 3 is 2.12 bits per heavy atom. The van der Waals surface area contributed by atoms with Gasteiger partial charge in [0.15, 0.2) is 0 Å². The first kappa shape index (κ1) is 14.2. The molecule has 1 rings (SSSR count). The maximum Gasteiger partial charge on any atom is 0.0384 e. The van der Waals surface area contributed by atoms with E-state index in [4.69, 9.17) is 5.73 Å². The SMILES string of the molecule is CNC(c1cc(C)c(C)cc1C)C(C)(C)CN. The first-order valence-electron chi connectivity index (χ1n) is 6.28. The third-order valence-corrected chi connectivity index (χ3v) is 3.79. The van der Waals surface area contributed by atoms with E-state index in [0.717, 1.165) is 0 Å². The molecular weight excluding hydrogens is 208 g/mol. The molecule has 0 aliphatic rings. The lowest BCUT2D eigenvalue weighted by Crippen LogP contribution is -2.38. The van der Waals surface area contributed by atoms with Gasteiger partial charge in [0.2, 0.25) is 0 Å². The van der Waals surface area contributed by atoms with Crippen molar-refractivity contribution in [1.29, 1.82) is 0 Å². The van der Waals surface area contributed by atoms with Crippen LogP contribution in [0.15, 0.2) is 12.1 Å². The zero-order valence-corrected chi connectivity index (χ0v) is 12.0. The van der Waals surface area contributed by atoms with E-state index in [0.29, 0.717) is 12.6 Å². The topological polar surface area (TPSA) is 38.0 Å². The molecule has 0 aliphatic carbocycles. The van der Waals surface area contributed by atoms with Crippen LogP contribution in [0.5, 0.6) is 0 Å². The van der Waals surface area contributed by atoms with Crippen LogP contribution in [-0.4, -0.2) is 13.6 Å². The molecule has 0 amide bonds. The van der Waals surface area contributed by atoms with E-state index in [1.807, 2.05) is 7.05 Å². The Morgan fingerprint density at radius 1 is 1.12 bits per heavy atom. The molecule has 1 unspecified atom stereocenters. The van der Waals surface area contributed by atoms with Gasteiger partial charge in [-0.25, -0.2) is 0 Å². The normalized spacial score (nSPS) is 13.8. The van der Waals surface area contributed by atoms with E-state index in [1.165, 1.54) is 22.3 Å². The Hall–Kier alpha value is -0.860. The molecule has 2 nitrogen and oxygen atoms in total. The van der Waals surface area contributed by atoms with Gasteiger partial charge in [0.25, 0.3) is 0 Å². The summed E-state index contributed by atoms with van der Waals surface area (Å²) in [7, 11) is 2.01. The summed E-state index contributed by atoms with van der Waals surface area (Å²) in [5, 5.41) is 3.42. The molecule has 17 heavy (non-hydrogen) atoms. The zero-order valence-electron chi connectivity index (χ0n) is 12.0. The molecule has 1 atom stereocenters. The Morgan fingerprint density at radius 2 is 1.65 bits per heavy atom. The maximum atomic E-state index is 5.90. The van der Waals surface area contributed by atoms with Crippen molar-refractivity contribution >= 4 is 0 Å². The average molecular weight is 234 g/mol. The van der Waals surface area contributed by atoms with Gasteiger partial charge in [0.1, 0.15) is 0 Å². The van der Waals surface area contributed by atoms with Crippen LogP contribution >= 0.6 is 0 Å². The van der Waals surface area contributed by atoms with Crippen LogP contribution in [0.25, 0.3) is 0 Å². The predicted molar refractivity (Wildman–Crippen MR) is 75.3 cm³/mol. The van der Waals surface area contributed by atoms with Gasteiger partial charge < -0.3 is 11.1 Å². The van der Waals surface area contributed by atoms with Gasteiger partial charge in [-0.05, 0) is 62.0 Å². The fourth-order valence-corrected chi connectivity index (χ4v) is 2.38. The van der Waals surface area contributed by atoms with E-state index < -0.39 is 0 Å². The van der Waals surface area contributed by atoms with Crippen molar-refractivity contribution in [2.75, 3.05) is 13.6 Å². The highest BCUT2D eigenvalue weighted by atomic mass is 14.9. The first-order valence-corrected chi connectivity index (χ1v) is 6.28. The molecule has 0 radical (unpaired) electrons. The zero-order chi connectivity index (χ0) is 13.2. The lowest BCUT2D eigenvalue weighted by molar-refractivity contribution is 0.264. The van der Waals surface area contributed by atoms with Crippen LogP contribution in [0.4, 0.5) is 0 Å². The second-order valence-electron chi connectivity index (χ2n) is 5.71. The average Bonchev–Trinajstić information content (AvgIpc) is 2.26. The van der Waals surface area contributed by atoms with Crippen LogP contribution in [-0.2, 0) is 0 Å². The number of aryl methyl sites for hydroxylation is 3. The lowest BCUT2D eigenvalue weighted by Gasteiger charge is -2.34. The minimum atomic E-state index is 0.0568. The number of hydrogen-bond donors (Lipinski definition) is 2. The highest BCUT2D eigenvalue weighted by Gasteiger charge is 2.29. The van der Waals surface area contributed by atoms with Crippen molar-refractivity contribution < 1.29 is 0 Å². The summed E-state index contributed by atoms with van der Waals surface area (Å²) in [4.78, 5) is 0. The minimum Gasteiger partial charge on any atom is -0.330 e. The van der Waals surface area contributed by atoms with E-state index >= 15 is 0 Å². The minimum absolute atomic E-state index is 0.0568. The quantitative estimate of drug-likeness (QED) is 0.840. The molecule has 3 N–H and O–H groups in total. The molecule has 0 heterocycles. The first-order chi connectivity index (χ1) is 7.83. The van der Waals surface area contributed by atoms with E-state index in [9.17, 15) is 0 Å². The fourth-order valence-electron chi connectivity index (χ4n) is 2.38. The molecule has 0 fully saturated rings. The van der Waals surface area contributed by atoms with Crippen LogP contribution in [0.2, 0.25) is 0 Å². The molecule has 0 spiro atoms. The molecule has 0 saturated heterocycles. The van der Waals surface area contributed by atoms with Gasteiger partial charge in [-0.2, -0.15) is 0 Å². The van der Waals surface area contributed by atoms with Crippen LogP contribution in [0.3, 0.4) is 0 Å². The molecule has 0 aromatic heterocycles. The molecule has 1 aromatic rings. The second-order valence-corrected chi connectivity index (χ2v) is 5.71. The maximum absolute atomic E-state index is 5.90. The van der Waals surface area contributed by atoms with Gasteiger partial charge in [0.05, 0.1) is 0 Å². The largest absolute Gasteiger partial charge is 0.330 e. The van der Waals surface area contributed by atoms with Crippen LogP contribution < -0.4 is 11.1 Å². The molecular formula is C15H26N2. The summed E-state index contributed by atoms with van der Waals surface area (Å²) >= 11 is 0. The number of nitrogens with two attached hydrogens (primary N) is 1. The van der Waals surface area contributed by atoms with Crippen LogP contribution in [0, 0.1) is 26.2 Å². The summed E-state index contributed by atoms with van der Waals surface area (Å²) in [6.07, 6.45) is 0. The third-order valence-electron chi connectivity index (χ3n) is 3.79. The van der Waals surface area contributed by atoms with Crippen molar-refractivity contribution in [3.05, 3.63) is 34.4 Å². The van der Waals surface area contributed by atoms with Gasteiger partial charge in [0, 0.05) is 6.04 Å². The standard InChI is InChI=1S/C15H26N2/c1-10-7-12(3)13(8-11(10)2)14(17-6)15(4,5)9-16/h7-8,14,17H,9,16H2,1-6H3. The molecule has 0 saturated carbocycles. The highest BCUT2D eigenvalue weighted by Crippen LogP contribution is 2.34. The Balaban J connectivity index is 3.26. The summed E-state index contributed by atoms with van der Waals surface area (Å²) in [5.41, 5.74) is 11.4. The molecule has 96 valence electrons. The molecule has 1 aromatic carbocycles. The third kappa shape index (κ3) is 2.88. The van der Waals surface area contributed by atoms with E-state index in [1.54, 1.807) is 0 Å². The van der Waals surface area contributed by atoms with Crippen molar-refractivity contribution in [1.82, 2.24) is 5.32 Å². The highest BCUT2D eigenvalue weighted by molar-refractivity contribution is 5.39. The van der Waals surface area contributed by atoms with E-state index in [-0.39, 0.29) is 5.41 Å². The monoisotopic (exact) mass is 234 g/mol. The fraction of sp³-hybridized carbons (Fsp3) is 0.600. The second kappa shape index (κ2) is 5.19. The Kier molecular flexibility index (Phi) is 4.34. The number of rotatable bonds is 4. The number of hydrogen-bond acceptors (Lipinski definition) is 2. The molecule has 2 heteroatoms. The molecule has 0 bridgehead atoms. The van der Waals surface area contributed by atoms with E-state index in [2.05, 4.69) is 52.1 Å². The summed E-state index contributed by atoms with van der Waals surface area (Å²) < 4.78 is 0. The van der Waals surface area contributed by atoms with Crippen molar-refractivity contribution in [3.8, 4) is 0 Å².